The van der Waals surface area contributed by atoms with Crippen LogP contribution in [0.5, 0.6) is 0 Å². The molecular formula is C17H27N3O. The van der Waals surface area contributed by atoms with Gasteiger partial charge in [0.05, 0.1) is 11.4 Å². The number of hydrogen-bond donors (Lipinski definition) is 3. The molecule has 0 unspecified atom stereocenters. The maximum Gasteiger partial charge on any atom is 0.248 e. The van der Waals surface area contributed by atoms with E-state index in [2.05, 4.69) is 33.0 Å². The lowest BCUT2D eigenvalue weighted by Gasteiger charge is -2.45. The van der Waals surface area contributed by atoms with E-state index in [4.69, 9.17) is 11.5 Å². The van der Waals surface area contributed by atoms with Gasteiger partial charge in [0, 0.05) is 11.6 Å². The number of nitrogen functional groups attached to an aromatic ring is 1. The SMILES string of the molecule is CC1(C)CC(Nc2cc(C(N)=O)ccc2N)CC(C)(C)C1. The number of amides is 1. The van der Waals surface area contributed by atoms with Gasteiger partial charge in [0.15, 0.2) is 0 Å². The molecule has 21 heavy (non-hydrogen) atoms. The summed E-state index contributed by atoms with van der Waals surface area (Å²) in [5.74, 6) is -0.428. The number of nitrogens with one attached hydrogen (secondary N) is 1. The lowest BCUT2D eigenvalue weighted by Crippen LogP contribution is -2.40. The largest absolute Gasteiger partial charge is 0.397 e. The molecule has 5 N–H and O–H groups in total. The second-order valence-corrected chi connectivity index (χ2v) is 7.92. The van der Waals surface area contributed by atoms with E-state index in [0.29, 0.717) is 28.1 Å². The molecule has 4 heteroatoms. The van der Waals surface area contributed by atoms with Crippen LogP contribution < -0.4 is 16.8 Å². The number of nitrogens with two attached hydrogens (primary N) is 2. The van der Waals surface area contributed by atoms with Gasteiger partial charge in [-0.15, -0.1) is 0 Å². The van der Waals surface area contributed by atoms with Gasteiger partial charge < -0.3 is 16.8 Å². The van der Waals surface area contributed by atoms with Crippen molar-refractivity contribution in [3.05, 3.63) is 23.8 Å². The van der Waals surface area contributed by atoms with Crippen LogP contribution in [0.1, 0.15) is 57.3 Å². The summed E-state index contributed by atoms with van der Waals surface area (Å²) in [5, 5.41) is 3.52. The zero-order valence-electron chi connectivity index (χ0n) is 13.5. The summed E-state index contributed by atoms with van der Waals surface area (Å²) < 4.78 is 0. The fourth-order valence-electron chi connectivity index (χ4n) is 4.00. The van der Waals surface area contributed by atoms with E-state index in [1.807, 2.05) is 0 Å². The van der Waals surface area contributed by atoms with E-state index in [9.17, 15) is 4.79 Å². The van der Waals surface area contributed by atoms with Crippen LogP contribution in [-0.4, -0.2) is 11.9 Å². The first-order valence-electron chi connectivity index (χ1n) is 7.54. The van der Waals surface area contributed by atoms with Gasteiger partial charge in [0.1, 0.15) is 0 Å². The van der Waals surface area contributed by atoms with Crippen LogP contribution in [0.4, 0.5) is 11.4 Å². The molecule has 2 rings (SSSR count). The van der Waals surface area contributed by atoms with Crippen molar-refractivity contribution in [2.45, 2.75) is 53.0 Å². The predicted octanol–water partition coefficient (Wildman–Crippen LogP) is 3.38. The van der Waals surface area contributed by atoms with Gasteiger partial charge in [0.25, 0.3) is 0 Å². The highest BCUT2D eigenvalue weighted by molar-refractivity contribution is 5.94. The smallest absolute Gasteiger partial charge is 0.248 e. The monoisotopic (exact) mass is 289 g/mol. The second-order valence-electron chi connectivity index (χ2n) is 7.92. The first kappa shape index (κ1) is 15.7. The molecule has 0 saturated heterocycles. The Morgan fingerprint density at radius 2 is 1.76 bits per heavy atom. The van der Waals surface area contributed by atoms with E-state index < -0.39 is 5.91 Å². The molecule has 1 saturated carbocycles. The molecule has 0 spiro atoms. The van der Waals surface area contributed by atoms with Crippen LogP contribution >= 0.6 is 0 Å². The summed E-state index contributed by atoms with van der Waals surface area (Å²) in [6.45, 7) is 9.25. The van der Waals surface area contributed by atoms with Crippen molar-refractivity contribution < 1.29 is 4.79 Å². The molecule has 1 amide bonds. The summed E-state index contributed by atoms with van der Waals surface area (Å²) >= 11 is 0. The third-order valence-electron chi connectivity index (χ3n) is 4.25. The van der Waals surface area contributed by atoms with Crippen LogP contribution in [0.25, 0.3) is 0 Å². The molecule has 1 aliphatic carbocycles. The Hall–Kier alpha value is -1.71. The van der Waals surface area contributed by atoms with Gasteiger partial charge in [-0.3, -0.25) is 4.79 Å². The number of benzene rings is 1. The first-order valence-corrected chi connectivity index (χ1v) is 7.54. The number of primary amides is 1. The van der Waals surface area contributed by atoms with Gasteiger partial charge in [-0.05, 0) is 48.3 Å². The van der Waals surface area contributed by atoms with Crippen LogP contribution in [0.15, 0.2) is 18.2 Å². The highest BCUT2D eigenvalue weighted by atomic mass is 16.1. The van der Waals surface area contributed by atoms with Crippen molar-refractivity contribution in [3.8, 4) is 0 Å². The average molecular weight is 289 g/mol. The molecule has 0 radical (unpaired) electrons. The van der Waals surface area contributed by atoms with Crippen LogP contribution in [-0.2, 0) is 0 Å². The Balaban J connectivity index is 2.21. The Morgan fingerprint density at radius 1 is 1.19 bits per heavy atom. The van der Waals surface area contributed by atoms with Gasteiger partial charge in [-0.25, -0.2) is 0 Å². The molecule has 0 aliphatic heterocycles. The van der Waals surface area contributed by atoms with Crippen LogP contribution in [0, 0.1) is 10.8 Å². The van der Waals surface area contributed by atoms with Crippen molar-refractivity contribution in [1.29, 1.82) is 0 Å². The third-order valence-corrected chi connectivity index (χ3v) is 4.25. The minimum Gasteiger partial charge on any atom is -0.397 e. The lowest BCUT2D eigenvalue weighted by atomic mass is 9.63. The zero-order chi connectivity index (χ0) is 15.8. The summed E-state index contributed by atoms with van der Waals surface area (Å²) in [6.07, 6.45) is 3.41. The fourth-order valence-corrected chi connectivity index (χ4v) is 4.00. The maximum atomic E-state index is 11.3. The van der Waals surface area contributed by atoms with Crippen molar-refractivity contribution in [2.24, 2.45) is 16.6 Å². The molecule has 0 heterocycles. The molecule has 1 aliphatic rings. The summed E-state index contributed by atoms with van der Waals surface area (Å²) in [6, 6.07) is 5.51. The van der Waals surface area contributed by atoms with Gasteiger partial charge in [-0.2, -0.15) is 0 Å². The van der Waals surface area contributed by atoms with E-state index in [-0.39, 0.29) is 0 Å². The molecule has 0 atom stereocenters. The number of carbonyl (C=O) groups excluding carboxylic acids is 1. The van der Waals surface area contributed by atoms with Crippen molar-refractivity contribution >= 4 is 17.3 Å². The molecule has 0 bridgehead atoms. The minimum absolute atomic E-state index is 0.301. The topological polar surface area (TPSA) is 81.1 Å². The Morgan fingerprint density at radius 3 is 2.29 bits per heavy atom. The molecular weight excluding hydrogens is 262 g/mol. The molecule has 1 fully saturated rings. The lowest BCUT2D eigenvalue weighted by molar-refractivity contribution is 0.0998. The van der Waals surface area contributed by atoms with Crippen LogP contribution in [0.3, 0.4) is 0 Å². The second kappa shape index (κ2) is 5.24. The Bertz CT molecular complexity index is 533. The average Bonchev–Trinajstić information content (AvgIpc) is 2.27. The predicted molar refractivity (Wildman–Crippen MR) is 88.2 cm³/mol. The van der Waals surface area contributed by atoms with Crippen molar-refractivity contribution in [3.63, 3.8) is 0 Å². The highest BCUT2D eigenvalue weighted by Gasteiger charge is 2.38. The summed E-state index contributed by atoms with van der Waals surface area (Å²) in [7, 11) is 0. The van der Waals surface area contributed by atoms with E-state index in [1.54, 1.807) is 18.2 Å². The summed E-state index contributed by atoms with van der Waals surface area (Å²) in [5.41, 5.74) is 13.9. The zero-order valence-corrected chi connectivity index (χ0v) is 13.5. The van der Waals surface area contributed by atoms with Crippen molar-refractivity contribution in [2.75, 3.05) is 11.1 Å². The molecule has 0 aromatic heterocycles. The molecule has 116 valence electrons. The molecule has 1 aromatic carbocycles. The first-order chi connectivity index (χ1) is 9.58. The number of hydrogen-bond acceptors (Lipinski definition) is 3. The quantitative estimate of drug-likeness (QED) is 0.746. The minimum atomic E-state index is -0.428. The fraction of sp³-hybridized carbons (Fsp3) is 0.588. The molecule has 1 aromatic rings. The number of rotatable bonds is 3. The number of carbonyl (C=O) groups is 1. The van der Waals surface area contributed by atoms with Crippen LogP contribution in [0.2, 0.25) is 0 Å². The highest BCUT2D eigenvalue weighted by Crippen LogP contribution is 2.46. The Kier molecular flexibility index (Phi) is 3.91. The summed E-state index contributed by atoms with van der Waals surface area (Å²) in [4.78, 5) is 11.3. The van der Waals surface area contributed by atoms with Gasteiger partial charge in [0.2, 0.25) is 5.91 Å². The molecule has 4 nitrogen and oxygen atoms in total. The normalized spacial score (nSPS) is 21.0. The van der Waals surface area contributed by atoms with Gasteiger partial charge in [-0.1, -0.05) is 27.7 Å². The Labute approximate surface area is 127 Å². The number of anilines is 2. The van der Waals surface area contributed by atoms with Crippen molar-refractivity contribution in [1.82, 2.24) is 0 Å². The standard InChI is InChI=1S/C17H27N3O/c1-16(2)8-12(9-17(3,4)10-16)20-14-7-11(15(19)21)5-6-13(14)18/h5-7,12,20H,8-10,18H2,1-4H3,(H2,19,21). The van der Waals surface area contributed by atoms with E-state index >= 15 is 0 Å². The maximum absolute atomic E-state index is 11.3. The van der Waals surface area contributed by atoms with E-state index in [1.165, 1.54) is 6.42 Å². The third kappa shape index (κ3) is 3.90. The van der Waals surface area contributed by atoms with E-state index in [0.717, 1.165) is 18.5 Å². The van der Waals surface area contributed by atoms with Gasteiger partial charge >= 0.3 is 0 Å².